The Kier molecular flexibility index (Phi) is 4.65. The Labute approximate surface area is 126 Å². The molecule has 0 aliphatic heterocycles. The first-order valence-electron chi connectivity index (χ1n) is 6.10. The van der Waals surface area contributed by atoms with E-state index in [0.717, 1.165) is 11.6 Å². The van der Waals surface area contributed by atoms with E-state index >= 15 is 0 Å². The molecule has 0 atom stereocenters. The Bertz CT molecular complexity index is 676. The van der Waals surface area contributed by atoms with Crippen LogP contribution in [0.15, 0.2) is 36.4 Å². The van der Waals surface area contributed by atoms with Crippen LogP contribution in [-0.4, -0.2) is 18.2 Å². The van der Waals surface area contributed by atoms with Gasteiger partial charge < -0.3 is 15.2 Å². The summed E-state index contributed by atoms with van der Waals surface area (Å²) >= 11 is 5.93. The summed E-state index contributed by atoms with van der Waals surface area (Å²) < 4.78 is 18.5. The molecule has 0 bridgehead atoms. The molecule has 0 aliphatic carbocycles. The Hall–Kier alpha value is -2.27. The second-order valence-electron chi connectivity index (χ2n) is 4.31. The summed E-state index contributed by atoms with van der Waals surface area (Å²) in [5.74, 6) is -1.42. The van der Waals surface area contributed by atoms with Crippen LogP contribution in [-0.2, 0) is 6.54 Å². The molecule has 6 heteroatoms. The van der Waals surface area contributed by atoms with Crippen LogP contribution in [0.2, 0.25) is 5.02 Å². The minimum Gasteiger partial charge on any atom is -0.496 e. The molecule has 0 saturated carbocycles. The second-order valence-corrected chi connectivity index (χ2v) is 4.75. The number of methoxy groups -OCH3 is 1. The molecule has 0 saturated heterocycles. The molecule has 2 aromatic carbocycles. The van der Waals surface area contributed by atoms with Crippen molar-refractivity contribution in [3.05, 3.63) is 58.4 Å². The van der Waals surface area contributed by atoms with Crippen molar-refractivity contribution < 1.29 is 19.0 Å². The van der Waals surface area contributed by atoms with E-state index in [4.69, 9.17) is 21.4 Å². The quantitative estimate of drug-likeness (QED) is 0.882. The molecule has 0 aliphatic rings. The third-order valence-corrected chi connectivity index (χ3v) is 3.16. The molecule has 21 heavy (non-hydrogen) atoms. The topological polar surface area (TPSA) is 58.6 Å². The number of carboxylic acid groups (broad SMARTS) is 1. The van der Waals surface area contributed by atoms with Crippen molar-refractivity contribution in [1.82, 2.24) is 0 Å². The summed E-state index contributed by atoms with van der Waals surface area (Å²) in [6.45, 7) is 0.369. The summed E-state index contributed by atoms with van der Waals surface area (Å²) in [7, 11) is 1.55. The van der Waals surface area contributed by atoms with Crippen molar-refractivity contribution in [3.8, 4) is 5.75 Å². The van der Waals surface area contributed by atoms with Crippen molar-refractivity contribution in [3.63, 3.8) is 0 Å². The highest BCUT2D eigenvalue weighted by atomic mass is 35.5. The minimum atomic E-state index is -1.31. The molecule has 0 fully saturated rings. The standard InChI is InChI=1S/C15H13ClFNO3/c1-21-14-5-2-10(16)6-9(14)8-18-11-3-4-13(17)12(7-11)15(19)20/h2-7,18H,8H2,1H3,(H,19,20). The smallest absolute Gasteiger partial charge is 0.338 e. The highest BCUT2D eigenvalue weighted by molar-refractivity contribution is 6.30. The number of hydrogen-bond donors (Lipinski definition) is 2. The Morgan fingerprint density at radius 3 is 2.76 bits per heavy atom. The summed E-state index contributed by atoms with van der Waals surface area (Å²) in [5, 5.41) is 12.5. The van der Waals surface area contributed by atoms with E-state index < -0.39 is 11.8 Å². The first-order valence-corrected chi connectivity index (χ1v) is 6.48. The zero-order valence-corrected chi connectivity index (χ0v) is 11.9. The number of ether oxygens (including phenoxy) is 1. The molecule has 0 spiro atoms. The Morgan fingerprint density at radius 1 is 1.33 bits per heavy atom. The van der Waals surface area contributed by atoms with Crippen LogP contribution < -0.4 is 10.1 Å². The third-order valence-electron chi connectivity index (χ3n) is 2.92. The van der Waals surface area contributed by atoms with Crippen molar-refractivity contribution in [1.29, 1.82) is 0 Å². The van der Waals surface area contributed by atoms with Gasteiger partial charge in [0, 0.05) is 22.8 Å². The van der Waals surface area contributed by atoms with Crippen LogP contribution in [0.4, 0.5) is 10.1 Å². The number of carboxylic acids is 1. The fourth-order valence-corrected chi connectivity index (χ4v) is 2.08. The zero-order chi connectivity index (χ0) is 15.4. The molecule has 0 unspecified atom stereocenters. The third kappa shape index (κ3) is 3.64. The van der Waals surface area contributed by atoms with E-state index in [0.29, 0.717) is 23.0 Å². The average Bonchev–Trinajstić information content (AvgIpc) is 2.46. The maximum absolute atomic E-state index is 13.3. The average molecular weight is 310 g/mol. The highest BCUT2D eigenvalue weighted by Gasteiger charge is 2.11. The number of carbonyl (C=O) groups is 1. The predicted octanol–water partition coefficient (Wildman–Crippen LogP) is 3.80. The molecule has 2 N–H and O–H groups in total. The van der Waals surface area contributed by atoms with E-state index in [9.17, 15) is 9.18 Å². The summed E-state index contributed by atoms with van der Waals surface area (Å²) in [6.07, 6.45) is 0. The number of benzene rings is 2. The van der Waals surface area contributed by atoms with E-state index in [-0.39, 0.29) is 5.56 Å². The van der Waals surface area contributed by atoms with Crippen molar-refractivity contribution in [2.75, 3.05) is 12.4 Å². The number of aromatic carboxylic acids is 1. The number of anilines is 1. The van der Waals surface area contributed by atoms with Gasteiger partial charge in [-0.05, 0) is 36.4 Å². The largest absolute Gasteiger partial charge is 0.496 e. The van der Waals surface area contributed by atoms with Crippen molar-refractivity contribution >= 4 is 23.3 Å². The molecule has 0 amide bonds. The van der Waals surface area contributed by atoms with E-state index in [1.807, 2.05) is 0 Å². The van der Waals surface area contributed by atoms with Gasteiger partial charge in [0.15, 0.2) is 0 Å². The predicted molar refractivity (Wildman–Crippen MR) is 78.7 cm³/mol. The van der Waals surface area contributed by atoms with Gasteiger partial charge in [-0.15, -0.1) is 0 Å². The van der Waals surface area contributed by atoms with E-state index in [1.165, 1.54) is 12.1 Å². The first kappa shape index (κ1) is 15.1. The molecular formula is C15H13ClFNO3. The summed E-state index contributed by atoms with van der Waals surface area (Å²) in [5.41, 5.74) is 0.931. The van der Waals surface area contributed by atoms with Gasteiger partial charge in [-0.1, -0.05) is 11.6 Å². The van der Waals surface area contributed by atoms with Crippen LogP contribution in [0.25, 0.3) is 0 Å². The molecule has 0 heterocycles. The van der Waals surface area contributed by atoms with Gasteiger partial charge in [-0.3, -0.25) is 0 Å². The maximum atomic E-state index is 13.3. The lowest BCUT2D eigenvalue weighted by Gasteiger charge is -2.11. The fraction of sp³-hybridized carbons (Fsp3) is 0.133. The highest BCUT2D eigenvalue weighted by Crippen LogP contribution is 2.24. The molecule has 2 rings (SSSR count). The SMILES string of the molecule is COc1ccc(Cl)cc1CNc1ccc(F)c(C(=O)O)c1. The van der Waals surface area contributed by atoms with Gasteiger partial charge in [-0.25, -0.2) is 9.18 Å². The number of halogens is 2. The lowest BCUT2D eigenvalue weighted by atomic mass is 10.1. The number of nitrogens with one attached hydrogen (secondary N) is 1. The van der Waals surface area contributed by atoms with Crippen LogP contribution in [0, 0.1) is 5.82 Å². The number of hydrogen-bond acceptors (Lipinski definition) is 3. The van der Waals surface area contributed by atoms with Gasteiger partial charge in [-0.2, -0.15) is 0 Å². The Morgan fingerprint density at radius 2 is 2.10 bits per heavy atom. The summed E-state index contributed by atoms with van der Waals surface area (Å²) in [4.78, 5) is 10.9. The van der Waals surface area contributed by atoms with Gasteiger partial charge in [0.05, 0.1) is 12.7 Å². The second kappa shape index (κ2) is 6.45. The minimum absolute atomic E-state index is 0.369. The molecular weight excluding hydrogens is 297 g/mol. The Balaban J connectivity index is 2.19. The van der Waals surface area contributed by atoms with Crippen molar-refractivity contribution in [2.45, 2.75) is 6.54 Å². The zero-order valence-electron chi connectivity index (χ0n) is 11.2. The monoisotopic (exact) mass is 309 g/mol. The van der Waals surface area contributed by atoms with Gasteiger partial charge in [0.1, 0.15) is 11.6 Å². The van der Waals surface area contributed by atoms with E-state index in [1.54, 1.807) is 25.3 Å². The molecule has 2 aromatic rings. The van der Waals surface area contributed by atoms with E-state index in [2.05, 4.69) is 5.32 Å². The van der Waals surface area contributed by atoms with Crippen LogP contribution in [0.5, 0.6) is 5.75 Å². The molecule has 0 radical (unpaired) electrons. The fourth-order valence-electron chi connectivity index (χ4n) is 1.88. The lowest BCUT2D eigenvalue weighted by molar-refractivity contribution is 0.0692. The molecule has 0 aromatic heterocycles. The molecule has 110 valence electrons. The van der Waals surface area contributed by atoms with Crippen LogP contribution in [0.3, 0.4) is 0 Å². The maximum Gasteiger partial charge on any atom is 0.338 e. The summed E-state index contributed by atoms with van der Waals surface area (Å²) in [6, 6.07) is 9.03. The molecule has 4 nitrogen and oxygen atoms in total. The van der Waals surface area contributed by atoms with Crippen molar-refractivity contribution in [2.24, 2.45) is 0 Å². The first-order chi connectivity index (χ1) is 10.0. The van der Waals surface area contributed by atoms with Crippen LogP contribution >= 0.6 is 11.6 Å². The van der Waals surface area contributed by atoms with Gasteiger partial charge >= 0.3 is 5.97 Å². The van der Waals surface area contributed by atoms with Gasteiger partial charge in [0.25, 0.3) is 0 Å². The number of rotatable bonds is 5. The van der Waals surface area contributed by atoms with Gasteiger partial charge in [0.2, 0.25) is 0 Å². The normalized spacial score (nSPS) is 10.2. The van der Waals surface area contributed by atoms with Crippen LogP contribution in [0.1, 0.15) is 15.9 Å². The lowest BCUT2D eigenvalue weighted by Crippen LogP contribution is -2.05.